The van der Waals surface area contributed by atoms with Crippen molar-refractivity contribution in [2.75, 3.05) is 7.05 Å². The van der Waals surface area contributed by atoms with Gasteiger partial charge in [0.05, 0.1) is 6.42 Å². The van der Waals surface area contributed by atoms with Crippen molar-refractivity contribution in [2.24, 2.45) is 0 Å². The van der Waals surface area contributed by atoms with Crippen LogP contribution in [0.25, 0.3) is 0 Å². The Morgan fingerprint density at radius 2 is 1.78 bits per heavy atom. The average Bonchev–Trinajstić information content (AvgIpc) is 2.28. The minimum Gasteiger partial charge on any atom is -0.338 e. The van der Waals surface area contributed by atoms with Gasteiger partial charge in [-0.25, -0.2) is 4.79 Å². The molecule has 1 aromatic carbocycles. The quantitative estimate of drug-likeness (QED) is 0.592. The van der Waals surface area contributed by atoms with E-state index in [0.29, 0.717) is 0 Å². The van der Waals surface area contributed by atoms with Gasteiger partial charge in [0.15, 0.2) is 0 Å². The van der Waals surface area contributed by atoms with E-state index in [1.165, 1.54) is 14.0 Å². The molecule has 96 valence electrons. The van der Waals surface area contributed by atoms with Crippen LogP contribution in [0.4, 0.5) is 0 Å². The second-order valence-electron chi connectivity index (χ2n) is 3.90. The van der Waals surface area contributed by atoms with Gasteiger partial charge in [-0.3, -0.25) is 9.59 Å². The van der Waals surface area contributed by atoms with Gasteiger partial charge in [0.25, 0.3) is 5.91 Å². The Labute approximate surface area is 105 Å². The van der Waals surface area contributed by atoms with E-state index >= 15 is 0 Å². The highest BCUT2D eigenvalue weighted by Crippen LogP contribution is 2.03. The van der Waals surface area contributed by atoms with Gasteiger partial charge in [0, 0.05) is 7.05 Å². The molecule has 1 rings (SSSR count). The van der Waals surface area contributed by atoms with E-state index < -0.39 is 5.97 Å². The summed E-state index contributed by atoms with van der Waals surface area (Å²) in [6.07, 6.45) is -0.187. The molecule has 0 fully saturated rings. The van der Waals surface area contributed by atoms with Gasteiger partial charge in [-0.05, 0) is 12.5 Å². The van der Waals surface area contributed by atoms with Crippen LogP contribution in [-0.2, 0) is 25.6 Å². The molecule has 0 aliphatic rings. The Kier molecular flexibility index (Phi) is 5.05. The smallest absolute Gasteiger partial charge is 0.338 e. The molecule has 0 N–H and O–H groups in total. The van der Waals surface area contributed by atoms with E-state index in [4.69, 9.17) is 4.84 Å². The third kappa shape index (κ3) is 4.78. The maximum absolute atomic E-state index is 11.7. The molecule has 18 heavy (non-hydrogen) atoms. The summed E-state index contributed by atoms with van der Waals surface area (Å²) in [5, 5.41) is 0.859. The Morgan fingerprint density at radius 1 is 1.17 bits per heavy atom. The van der Waals surface area contributed by atoms with E-state index in [0.717, 1.165) is 10.6 Å². The summed E-state index contributed by atoms with van der Waals surface area (Å²) in [6, 6.07) is 9.12. The van der Waals surface area contributed by atoms with Crippen molar-refractivity contribution in [3.8, 4) is 0 Å². The number of rotatable bonds is 4. The number of amides is 1. The summed E-state index contributed by atoms with van der Waals surface area (Å²) in [5.74, 6) is -1.38. The summed E-state index contributed by atoms with van der Waals surface area (Å²) in [4.78, 5) is 38.3. The standard InChI is InChI=1S/C13H15NO4/c1-10(15)8-13(17)18-14(2)12(16)9-11-6-4-3-5-7-11/h3-7H,8-9H2,1-2H3. The van der Waals surface area contributed by atoms with Crippen molar-refractivity contribution in [1.82, 2.24) is 5.06 Å². The van der Waals surface area contributed by atoms with E-state index in [9.17, 15) is 14.4 Å². The van der Waals surface area contributed by atoms with Crippen molar-refractivity contribution in [2.45, 2.75) is 19.8 Å². The van der Waals surface area contributed by atoms with E-state index in [-0.39, 0.29) is 24.5 Å². The van der Waals surface area contributed by atoms with Crippen LogP contribution in [0.1, 0.15) is 18.9 Å². The molecule has 5 nitrogen and oxygen atoms in total. The summed E-state index contributed by atoms with van der Waals surface area (Å²) in [5.41, 5.74) is 0.831. The topological polar surface area (TPSA) is 63.7 Å². The maximum atomic E-state index is 11.7. The number of likely N-dealkylation sites (N-methyl/N-ethyl adjacent to an activating group) is 1. The summed E-state index contributed by atoms with van der Waals surface area (Å²) in [6.45, 7) is 1.28. The van der Waals surface area contributed by atoms with Gasteiger partial charge in [-0.15, -0.1) is 0 Å². The van der Waals surface area contributed by atoms with Crippen molar-refractivity contribution in [1.29, 1.82) is 0 Å². The zero-order valence-electron chi connectivity index (χ0n) is 10.4. The molecule has 0 radical (unpaired) electrons. The van der Waals surface area contributed by atoms with E-state index in [1.807, 2.05) is 30.3 Å². The number of hydrogen-bond acceptors (Lipinski definition) is 4. The van der Waals surface area contributed by atoms with Crippen molar-refractivity contribution in [3.05, 3.63) is 35.9 Å². The lowest BCUT2D eigenvalue weighted by Gasteiger charge is -2.15. The van der Waals surface area contributed by atoms with E-state index in [2.05, 4.69) is 0 Å². The fraction of sp³-hybridized carbons (Fsp3) is 0.308. The molecule has 0 atom stereocenters. The molecule has 5 heteroatoms. The minimum absolute atomic E-state index is 0.144. The Bertz CT molecular complexity index is 442. The Hall–Kier alpha value is -2.17. The molecule has 0 heterocycles. The first-order valence-corrected chi connectivity index (χ1v) is 5.49. The molecule has 1 aromatic rings. The lowest BCUT2D eigenvalue weighted by atomic mass is 10.1. The van der Waals surface area contributed by atoms with Crippen LogP contribution >= 0.6 is 0 Å². The molecule has 0 saturated heterocycles. The van der Waals surface area contributed by atoms with Gasteiger partial charge < -0.3 is 4.84 Å². The first kappa shape index (κ1) is 13.9. The third-order valence-electron chi connectivity index (χ3n) is 2.18. The third-order valence-corrected chi connectivity index (χ3v) is 2.18. The molecule has 0 bridgehead atoms. The Balaban J connectivity index is 2.47. The number of nitrogens with zero attached hydrogens (tertiary/aromatic N) is 1. The summed E-state index contributed by atoms with van der Waals surface area (Å²) >= 11 is 0. The normalized spacial score (nSPS) is 9.67. The Morgan fingerprint density at radius 3 is 2.33 bits per heavy atom. The molecule has 0 saturated carbocycles. The number of carbonyl (C=O) groups excluding carboxylic acids is 3. The second kappa shape index (κ2) is 6.54. The molecule has 1 amide bonds. The van der Waals surface area contributed by atoms with Crippen LogP contribution < -0.4 is 0 Å². The van der Waals surface area contributed by atoms with Crippen LogP contribution in [0.3, 0.4) is 0 Å². The number of benzene rings is 1. The van der Waals surface area contributed by atoms with Gasteiger partial charge in [0.2, 0.25) is 0 Å². The molecule has 0 unspecified atom stereocenters. The number of hydroxylamine groups is 2. The predicted molar refractivity (Wildman–Crippen MR) is 64.3 cm³/mol. The van der Waals surface area contributed by atoms with Crippen molar-refractivity contribution in [3.63, 3.8) is 0 Å². The number of hydrogen-bond donors (Lipinski definition) is 0. The van der Waals surface area contributed by atoms with Gasteiger partial charge >= 0.3 is 5.97 Å². The molecule has 0 aliphatic carbocycles. The molecular weight excluding hydrogens is 234 g/mol. The molecular formula is C13H15NO4. The maximum Gasteiger partial charge on any atom is 0.339 e. The lowest BCUT2D eigenvalue weighted by Crippen LogP contribution is -2.31. The van der Waals surface area contributed by atoms with Crippen LogP contribution in [0, 0.1) is 0 Å². The van der Waals surface area contributed by atoms with Gasteiger partial charge in [-0.1, -0.05) is 30.3 Å². The lowest BCUT2D eigenvalue weighted by molar-refractivity contribution is -0.192. The fourth-order valence-corrected chi connectivity index (χ4v) is 1.32. The zero-order chi connectivity index (χ0) is 13.5. The van der Waals surface area contributed by atoms with Crippen LogP contribution in [0.2, 0.25) is 0 Å². The summed E-state index contributed by atoms with van der Waals surface area (Å²) < 4.78 is 0. The van der Waals surface area contributed by atoms with Gasteiger partial charge in [0.1, 0.15) is 12.2 Å². The fourth-order valence-electron chi connectivity index (χ4n) is 1.32. The predicted octanol–water partition coefficient (Wildman–Crippen LogP) is 1.12. The first-order chi connectivity index (χ1) is 8.49. The largest absolute Gasteiger partial charge is 0.339 e. The average molecular weight is 249 g/mol. The van der Waals surface area contributed by atoms with Crippen molar-refractivity contribution >= 4 is 17.7 Å². The second-order valence-corrected chi connectivity index (χ2v) is 3.90. The van der Waals surface area contributed by atoms with Crippen LogP contribution in [-0.4, -0.2) is 29.8 Å². The number of carbonyl (C=O) groups is 3. The van der Waals surface area contributed by atoms with Crippen LogP contribution in [0.5, 0.6) is 0 Å². The highest BCUT2D eigenvalue weighted by Gasteiger charge is 2.15. The highest BCUT2D eigenvalue weighted by atomic mass is 16.7. The molecule has 0 aliphatic heterocycles. The minimum atomic E-state index is -0.730. The zero-order valence-corrected chi connectivity index (χ0v) is 10.4. The van der Waals surface area contributed by atoms with E-state index in [1.54, 1.807) is 0 Å². The van der Waals surface area contributed by atoms with Crippen molar-refractivity contribution < 1.29 is 19.2 Å². The first-order valence-electron chi connectivity index (χ1n) is 5.49. The highest BCUT2D eigenvalue weighted by molar-refractivity contribution is 5.94. The SMILES string of the molecule is CC(=O)CC(=O)ON(C)C(=O)Cc1ccccc1. The summed E-state index contributed by atoms with van der Waals surface area (Å²) in [7, 11) is 1.35. The van der Waals surface area contributed by atoms with Crippen LogP contribution in [0.15, 0.2) is 30.3 Å². The molecule has 0 aromatic heterocycles. The van der Waals surface area contributed by atoms with Gasteiger partial charge in [-0.2, -0.15) is 5.06 Å². The monoisotopic (exact) mass is 249 g/mol. The molecule has 0 spiro atoms. The number of ketones is 1. The number of Topliss-reactive ketones (excluding diaryl/α,β-unsaturated/α-hetero) is 1.